The Morgan fingerprint density at radius 3 is 2.44 bits per heavy atom. The summed E-state index contributed by atoms with van der Waals surface area (Å²) in [4.78, 5) is 9.18. The second kappa shape index (κ2) is 4.50. The Labute approximate surface area is 97.7 Å². The summed E-state index contributed by atoms with van der Waals surface area (Å²) in [6.07, 6.45) is 0. The highest BCUT2D eigenvalue weighted by atomic mass is 35.5. The minimum absolute atomic E-state index is 0.0670. The van der Waals surface area contributed by atoms with E-state index in [1.54, 1.807) is 0 Å². The first-order valence-corrected chi connectivity index (χ1v) is 5.10. The topological polar surface area (TPSA) is 43.1 Å². The number of benzene rings is 1. The Hall–Kier alpha value is -0.950. The molecule has 1 aromatic carbocycles. The van der Waals surface area contributed by atoms with E-state index in [-0.39, 0.29) is 5.02 Å². The number of nitro benzene ring substituents is 1. The summed E-state index contributed by atoms with van der Waals surface area (Å²) in [5.41, 5.74) is -4.81. The fourth-order valence-corrected chi connectivity index (χ4v) is 1.89. The Morgan fingerprint density at radius 1 is 1.44 bits per heavy atom. The number of hydrogen-bond donors (Lipinski definition) is 0. The molecule has 88 valence electrons. The molecule has 0 atom stereocenters. The number of nitro groups is 1. The van der Waals surface area contributed by atoms with Crippen LogP contribution in [-0.4, -0.2) is 10.4 Å². The van der Waals surface area contributed by atoms with E-state index in [1.807, 2.05) is 0 Å². The molecular weight excluding hydrogens is 267 g/mol. The zero-order valence-corrected chi connectivity index (χ0v) is 9.41. The lowest BCUT2D eigenvalue weighted by molar-refractivity contribution is -0.387. The molecule has 1 rings (SSSR count). The van der Waals surface area contributed by atoms with E-state index in [9.17, 15) is 23.3 Å². The number of halogens is 4. The van der Waals surface area contributed by atoms with Crippen LogP contribution < -0.4 is 0 Å². The Bertz CT molecular complexity index is 436. The number of alkyl halides is 3. The van der Waals surface area contributed by atoms with Crippen LogP contribution in [0.1, 0.15) is 5.56 Å². The molecule has 0 unspecified atom stereocenters. The van der Waals surface area contributed by atoms with E-state index in [0.29, 0.717) is 5.56 Å². The van der Waals surface area contributed by atoms with Gasteiger partial charge in [-0.05, 0) is 30.3 Å². The third kappa shape index (κ3) is 3.28. The van der Waals surface area contributed by atoms with Crippen molar-refractivity contribution < 1.29 is 18.1 Å². The van der Waals surface area contributed by atoms with E-state index in [0.717, 1.165) is 12.1 Å². The van der Waals surface area contributed by atoms with Crippen LogP contribution in [0.3, 0.4) is 0 Å². The molecule has 0 saturated carbocycles. The molecule has 3 nitrogen and oxygen atoms in total. The van der Waals surface area contributed by atoms with Crippen LogP contribution in [0.15, 0.2) is 17.0 Å². The lowest BCUT2D eigenvalue weighted by Crippen LogP contribution is -2.01. The van der Waals surface area contributed by atoms with Gasteiger partial charge in [0.1, 0.15) is 0 Å². The molecule has 0 N–H and O–H groups in total. The van der Waals surface area contributed by atoms with E-state index >= 15 is 0 Å². The van der Waals surface area contributed by atoms with Crippen molar-refractivity contribution in [1.29, 1.82) is 0 Å². The second-order valence-corrected chi connectivity index (χ2v) is 4.39. The summed E-state index contributed by atoms with van der Waals surface area (Å²) < 4.78 is 36.3. The van der Waals surface area contributed by atoms with Gasteiger partial charge in [-0.1, -0.05) is 11.6 Å². The summed E-state index contributed by atoms with van der Waals surface area (Å²) in [5.74, 6) is 0. The molecule has 0 aliphatic carbocycles. The van der Waals surface area contributed by atoms with Crippen molar-refractivity contribution in [2.75, 3.05) is 0 Å². The number of rotatable bonds is 2. The largest absolute Gasteiger partial charge is 0.446 e. The van der Waals surface area contributed by atoms with Crippen molar-refractivity contribution >= 4 is 29.1 Å². The number of hydrogen-bond acceptors (Lipinski definition) is 3. The van der Waals surface area contributed by atoms with Crippen LogP contribution in [0.25, 0.3) is 0 Å². The summed E-state index contributed by atoms with van der Waals surface area (Å²) >= 11 is 5.07. The highest BCUT2D eigenvalue weighted by Crippen LogP contribution is 2.42. The third-order valence-corrected chi connectivity index (χ3v) is 2.85. The second-order valence-electron chi connectivity index (χ2n) is 2.87. The standard InChI is InChI=1S/C8H5ClF3NO2S/c1-4-2-6(13(14)15)7(3-5(4)9)16-8(10,11)12/h2-3H,1H3. The molecule has 0 aromatic heterocycles. The summed E-state index contributed by atoms with van der Waals surface area (Å²) in [5, 5.41) is 10.6. The minimum atomic E-state index is -4.58. The highest BCUT2D eigenvalue weighted by molar-refractivity contribution is 8.00. The number of aryl methyl sites for hydroxylation is 1. The van der Waals surface area contributed by atoms with Crippen molar-refractivity contribution in [1.82, 2.24) is 0 Å². The van der Waals surface area contributed by atoms with Gasteiger partial charge in [0.25, 0.3) is 5.69 Å². The van der Waals surface area contributed by atoms with E-state index in [4.69, 9.17) is 11.6 Å². The Kier molecular flexibility index (Phi) is 3.69. The van der Waals surface area contributed by atoms with Crippen molar-refractivity contribution in [2.45, 2.75) is 17.3 Å². The van der Waals surface area contributed by atoms with Crippen LogP contribution in [0.5, 0.6) is 0 Å². The highest BCUT2D eigenvalue weighted by Gasteiger charge is 2.33. The molecule has 0 aliphatic heterocycles. The van der Waals surface area contributed by atoms with Gasteiger partial charge in [0.2, 0.25) is 0 Å². The lowest BCUT2D eigenvalue weighted by atomic mass is 10.2. The molecule has 0 amide bonds. The van der Waals surface area contributed by atoms with Crippen LogP contribution in [0.2, 0.25) is 5.02 Å². The molecule has 0 fully saturated rings. The van der Waals surface area contributed by atoms with Crippen LogP contribution in [0.4, 0.5) is 18.9 Å². The zero-order chi connectivity index (χ0) is 12.5. The first-order chi connectivity index (χ1) is 7.20. The van der Waals surface area contributed by atoms with Crippen LogP contribution in [0, 0.1) is 17.0 Å². The SMILES string of the molecule is Cc1cc([N+](=O)[O-])c(SC(F)(F)F)cc1Cl. The molecule has 0 aliphatic rings. The normalized spacial score (nSPS) is 11.6. The van der Waals surface area contributed by atoms with Crippen LogP contribution in [-0.2, 0) is 0 Å². The van der Waals surface area contributed by atoms with Crippen molar-refractivity contribution in [3.05, 3.63) is 32.8 Å². The monoisotopic (exact) mass is 271 g/mol. The fraction of sp³-hybridized carbons (Fsp3) is 0.250. The Morgan fingerprint density at radius 2 is 2.00 bits per heavy atom. The van der Waals surface area contributed by atoms with Gasteiger partial charge < -0.3 is 0 Å². The van der Waals surface area contributed by atoms with E-state index in [1.165, 1.54) is 6.92 Å². The maximum absolute atomic E-state index is 12.1. The van der Waals surface area contributed by atoms with Gasteiger partial charge in [-0.2, -0.15) is 13.2 Å². The van der Waals surface area contributed by atoms with Crippen molar-refractivity contribution in [2.24, 2.45) is 0 Å². The third-order valence-electron chi connectivity index (χ3n) is 1.66. The molecule has 8 heteroatoms. The first kappa shape index (κ1) is 13.1. The predicted octanol–water partition coefficient (Wildman–Crippen LogP) is 4.17. The molecule has 0 saturated heterocycles. The van der Waals surface area contributed by atoms with Gasteiger partial charge in [0.05, 0.1) is 9.82 Å². The first-order valence-electron chi connectivity index (χ1n) is 3.91. The average molecular weight is 272 g/mol. The molecule has 16 heavy (non-hydrogen) atoms. The van der Waals surface area contributed by atoms with Crippen molar-refractivity contribution in [3.63, 3.8) is 0 Å². The van der Waals surface area contributed by atoms with Gasteiger partial charge in [0.15, 0.2) is 0 Å². The molecule has 0 bridgehead atoms. The maximum Gasteiger partial charge on any atom is 0.446 e. The predicted molar refractivity (Wildman–Crippen MR) is 54.8 cm³/mol. The summed E-state index contributed by atoms with van der Waals surface area (Å²) in [6.45, 7) is 1.48. The molecule has 0 spiro atoms. The van der Waals surface area contributed by atoms with E-state index < -0.39 is 32.8 Å². The summed E-state index contributed by atoms with van der Waals surface area (Å²) in [7, 11) is 0. The lowest BCUT2D eigenvalue weighted by Gasteiger charge is -2.07. The quantitative estimate of drug-likeness (QED) is 0.461. The van der Waals surface area contributed by atoms with Crippen molar-refractivity contribution in [3.8, 4) is 0 Å². The van der Waals surface area contributed by atoms with Gasteiger partial charge >= 0.3 is 5.51 Å². The van der Waals surface area contributed by atoms with Gasteiger partial charge in [-0.25, -0.2) is 0 Å². The average Bonchev–Trinajstić information content (AvgIpc) is 2.07. The maximum atomic E-state index is 12.1. The molecule has 1 aromatic rings. The smallest absolute Gasteiger partial charge is 0.258 e. The molecule has 0 radical (unpaired) electrons. The minimum Gasteiger partial charge on any atom is -0.258 e. The molecular formula is C8H5ClF3NO2S. The molecule has 0 heterocycles. The summed E-state index contributed by atoms with van der Waals surface area (Å²) in [6, 6.07) is 1.98. The van der Waals surface area contributed by atoms with Gasteiger partial charge in [-0.3, -0.25) is 10.1 Å². The van der Waals surface area contributed by atoms with E-state index in [2.05, 4.69) is 0 Å². The van der Waals surface area contributed by atoms with Gasteiger partial charge in [0, 0.05) is 11.1 Å². The van der Waals surface area contributed by atoms with Gasteiger partial charge in [-0.15, -0.1) is 0 Å². The van der Waals surface area contributed by atoms with Crippen LogP contribution >= 0.6 is 23.4 Å². The zero-order valence-electron chi connectivity index (χ0n) is 7.84. The fourth-order valence-electron chi connectivity index (χ4n) is 0.997. The number of thioether (sulfide) groups is 1. The Balaban J connectivity index is 3.25. The number of nitrogens with zero attached hydrogens (tertiary/aromatic N) is 1.